The topological polar surface area (TPSA) is 409 Å². The Morgan fingerprint density at radius 1 is 0.288 bits per heavy atom. The first-order valence-electron chi connectivity index (χ1n) is 39.0. The second-order valence-electron chi connectivity index (χ2n) is 23.2. The van der Waals surface area contributed by atoms with Crippen LogP contribution in [0.5, 0.6) is 0 Å². The molecule has 1 aliphatic rings. The standard InChI is InChI=1S/C73H139N5O33/c1-84-16-17-88-24-25-92-30-31-94-34-35-96-38-39-98-42-43-100-46-47-102-50-51-104-54-55-106-58-59-108-62-63-110-66-67-111-65-64-109-61-60-107-57-56-105-53-52-103-49-48-101-45-44-99-41-40-97-37-36-95-33-32-93-29-28-91-23-20-87-15-11-76-73(83)68(4-2-3-9-74)77-70(80)8-13-85-18-21-89-26-27-90-22-19-86-14-10-75-69(79)7-12-78-71(81)5-6-72(78)82/h5-6,68H,2-4,7-67,74H2,1H3,(H,75,79)(H,76,83)(H,77,80)/t68-/m0/s1. The fourth-order valence-electron chi connectivity index (χ4n) is 8.62. The van der Waals surface area contributed by atoms with Crippen molar-refractivity contribution in [3.8, 4) is 0 Å². The second kappa shape index (κ2) is 90.1. The van der Waals surface area contributed by atoms with Gasteiger partial charge in [0.25, 0.3) is 11.8 Å². The van der Waals surface area contributed by atoms with E-state index in [1.54, 1.807) is 7.11 Å². The Morgan fingerprint density at radius 2 is 0.505 bits per heavy atom. The lowest BCUT2D eigenvalue weighted by Crippen LogP contribution is -2.47. The average molecular weight is 1610 g/mol. The molecule has 0 aromatic heterocycles. The molecule has 0 saturated carbocycles. The summed E-state index contributed by atoms with van der Waals surface area (Å²) in [5.74, 6) is -1.73. The van der Waals surface area contributed by atoms with Gasteiger partial charge in [-0.3, -0.25) is 28.9 Å². The van der Waals surface area contributed by atoms with Gasteiger partial charge in [-0.25, -0.2) is 0 Å². The summed E-state index contributed by atoms with van der Waals surface area (Å²) in [6.07, 6.45) is 4.31. The van der Waals surface area contributed by atoms with Crippen molar-refractivity contribution in [3.63, 3.8) is 0 Å². The quantitative estimate of drug-likeness (QED) is 0.0403. The first kappa shape index (κ1) is 105. The predicted octanol–water partition coefficient (Wildman–Crippen LogP) is -1.37. The number of methoxy groups -OCH3 is 1. The monoisotopic (exact) mass is 1610 g/mol. The molecule has 0 unspecified atom stereocenters. The zero-order valence-electron chi connectivity index (χ0n) is 66.5. The number of nitrogens with one attached hydrogen (secondary N) is 3. The summed E-state index contributed by atoms with van der Waals surface area (Å²) in [6.45, 7) is 25.5. The number of hydrogen-bond donors (Lipinski definition) is 4. The van der Waals surface area contributed by atoms with Crippen molar-refractivity contribution in [2.45, 2.75) is 38.1 Å². The van der Waals surface area contributed by atoms with Gasteiger partial charge in [-0.05, 0) is 25.8 Å². The van der Waals surface area contributed by atoms with E-state index in [2.05, 4.69) is 16.0 Å². The SMILES string of the molecule is COCCOCCOCCOCCOCCOCCOCCOCCOCCOCCOCCOCCOCCOCCOCCOCCOCCOCCOCCOCCOCCOCCOCCOCCNC(=O)[C@H](CCCCN)NC(=O)CCOCCOCCOCCOCCNC(=O)CCN1C(=O)C=CC1=O. The van der Waals surface area contributed by atoms with Crippen molar-refractivity contribution in [2.24, 2.45) is 5.73 Å². The van der Waals surface area contributed by atoms with Crippen LogP contribution < -0.4 is 21.7 Å². The molecule has 0 aromatic carbocycles. The average Bonchev–Trinajstić information content (AvgIpc) is 1.74. The number of ether oxygens (including phenoxy) is 28. The Labute approximate surface area is 657 Å². The van der Waals surface area contributed by atoms with Gasteiger partial charge in [-0.2, -0.15) is 0 Å². The first-order chi connectivity index (χ1) is 54.9. The number of rotatable bonds is 96. The van der Waals surface area contributed by atoms with E-state index in [9.17, 15) is 24.0 Å². The molecule has 654 valence electrons. The van der Waals surface area contributed by atoms with Gasteiger partial charge < -0.3 is 154 Å². The minimum absolute atomic E-state index is 0.0194. The van der Waals surface area contributed by atoms with E-state index in [1.165, 1.54) is 12.2 Å². The summed E-state index contributed by atoms with van der Waals surface area (Å²) in [6, 6.07) is -0.708. The third-order valence-electron chi connectivity index (χ3n) is 14.4. The minimum Gasteiger partial charge on any atom is -0.382 e. The van der Waals surface area contributed by atoms with Crippen LogP contribution in [-0.2, 0) is 157 Å². The normalized spacial score (nSPS) is 12.5. The molecular formula is C73H139N5O33. The smallest absolute Gasteiger partial charge is 0.253 e. The van der Waals surface area contributed by atoms with Crippen LogP contribution in [-0.4, -0.2) is 437 Å². The molecule has 0 saturated heterocycles. The third-order valence-corrected chi connectivity index (χ3v) is 14.4. The number of carbonyl (C=O) groups is 5. The molecule has 0 aromatic rings. The van der Waals surface area contributed by atoms with Crippen molar-refractivity contribution in [1.82, 2.24) is 20.9 Å². The highest BCUT2D eigenvalue weighted by atomic mass is 16.6. The van der Waals surface area contributed by atoms with Gasteiger partial charge in [0.15, 0.2) is 0 Å². The van der Waals surface area contributed by atoms with Crippen LogP contribution in [0.3, 0.4) is 0 Å². The van der Waals surface area contributed by atoms with Crippen LogP contribution in [0.1, 0.15) is 32.1 Å². The summed E-state index contributed by atoms with van der Waals surface area (Å²) in [7, 11) is 1.64. The van der Waals surface area contributed by atoms with Crippen molar-refractivity contribution < 1.29 is 157 Å². The maximum absolute atomic E-state index is 12.9. The number of nitrogens with two attached hydrogens (primary N) is 1. The molecule has 0 aliphatic carbocycles. The van der Waals surface area contributed by atoms with Crippen LogP contribution in [0.25, 0.3) is 0 Å². The Kier molecular flexibility index (Phi) is 85.3. The van der Waals surface area contributed by atoms with Gasteiger partial charge in [0.05, 0.1) is 363 Å². The summed E-state index contributed by atoms with van der Waals surface area (Å²) < 4.78 is 154. The van der Waals surface area contributed by atoms with Crippen LogP contribution in [0.4, 0.5) is 0 Å². The Hall–Kier alpha value is -3.87. The van der Waals surface area contributed by atoms with Gasteiger partial charge >= 0.3 is 0 Å². The highest BCUT2D eigenvalue weighted by Crippen LogP contribution is 2.05. The van der Waals surface area contributed by atoms with E-state index in [0.29, 0.717) is 356 Å². The molecule has 111 heavy (non-hydrogen) atoms. The van der Waals surface area contributed by atoms with Crippen LogP contribution in [0, 0.1) is 0 Å². The highest BCUT2D eigenvalue weighted by Gasteiger charge is 2.24. The maximum Gasteiger partial charge on any atom is 0.253 e. The lowest BCUT2D eigenvalue weighted by molar-refractivity contribution is -0.137. The summed E-state index contributed by atoms with van der Waals surface area (Å²) >= 11 is 0. The lowest BCUT2D eigenvalue weighted by atomic mass is 10.1. The molecule has 1 rings (SSSR count). The Balaban J connectivity index is 1.71. The van der Waals surface area contributed by atoms with Crippen molar-refractivity contribution in [1.29, 1.82) is 0 Å². The van der Waals surface area contributed by atoms with E-state index in [-0.39, 0.29) is 76.6 Å². The molecule has 38 nitrogen and oxygen atoms in total. The zero-order valence-corrected chi connectivity index (χ0v) is 66.5. The molecule has 0 fully saturated rings. The summed E-state index contributed by atoms with van der Waals surface area (Å²) in [5, 5.41) is 8.30. The largest absolute Gasteiger partial charge is 0.382 e. The molecule has 5 amide bonds. The highest BCUT2D eigenvalue weighted by molar-refractivity contribution is 6.13. The van der Waals surface area contributed by atoms with E-state index >= 15 is 0 Å². The summed E-state index contributed by atoms with van der Waals surface area (Å²) in [4.78, 5) is 61.6. The van der Waals surface area contributed by atoms with Gasteiger partial charge in [-0.15, -0.1) is 0 Å². The second-order valence-corrected chi connectivity index (χ2v) is 23.2. The number of unbranched alkanes of at least 4 members (excludes halogenated alkanes) is 1. The molecule has 1 atom stereocenters. The molecule has 0 radical (unpaired) electrons. The van der Waals surface area contributed by atoms with Gasteiger partial charge in [0, 0.05) is 51.7 Å². The number of hydrogen-bond acceptors (Lipinski definition) is 34. The van der Waals surface area contributed by atoms with Crippen LogP contribution in [0.15, 0.2) is 12.2 Å². The molecule has 38 heteroatoms. The minimum atomic E-state index is -0.708. The summed E-state index contributed by atoms with van der Waals surface area (Å²) in [5.41, 5.74) is 5.65. The molecule has 0 spiro atoms. The fourth-order valence-corrected chi connectivity index (χ4v) is 8.62. The first-order valence-corrected chi connectivity index (χ1v) is 39.0. The van der Waals surface area contributed by atoms with Crippen molar-refractivity contribution in [2.75, 3.05) is 397 Å². The van der Waals surface area contributed by atoms with Gasteiger partial charge in [0.1, 0.15) is 6.04 Å². The molecule has 5 N–H and O–H groups in total. The number of amides is 5. The molecule has 1 heterocycles. The number of nitrogens with zero attached hydrogens (tertiary/aromatic N) is 1. The number of imide groups is 1. The number of carbonyl (C=O) groups excluding carboxylic acids is 5. The van der Waals surface area contributed by atoms with Crippen molar-refractivity contribution in [3.05, 3.63) is 12.2 Å². The third kappa shape index (κ3) is 81.1. The maximum atomic E-state index is 12.9. The Bertz CT molecular complexity index is 2010. The predicted molar refractivity (Wildman–Crippen MR) is 400 cm³/mol. The fraction of sp³-hybridized carbons (Fsp3) is 0.904. The van der Waals surface area contributed by atoms with E-state index in [0.717, 1.165) is 11.3 Å². The molecule has 1 aliphatic heterocycles. The van der Waals surface area contributed by atoms with E-state index in [1.807, 2.05) is 0 Å². The Morgan fingerprint density at radius 3 is 0.739 bits per heavy atom. The molecule has 0 bridgehead atoms. The van der Waals surface area contributed by atoms with E-state index in [4.69, 9.17) is 138 Å². The van der Waals surface area contributed by atoms with Gasteiger partial charge in [0.2, 0.25) is 17.7 Å². The van der Waals surface area contributed by atoms with Crippen LogP contribution >= 0.6 is 0 Å². The zero-order chi connectivity index (χ0) is 79.6. The van der Waals surface area contributed by atoms with E-state index < -0.39 is 17.9 Å². The van der Waals surface area contributed by atoms with Crippen molar-refractivity contribution >= 4 is 29.5 Å². The lowest BCUT2D eigenvalue weighted by Gasteiger charge is -2.18. The van der Waals surface area contributed by atoms with Gasteiger partial charge in [-0.1, -0.05) is 0 Å². The van der Waals surface area contributed by atoms with Crippen LogP contribution in [0.2, 0.25) is 0 Å². The molecular weight excluding hydrogens is 1470 g/mol.